The molecule has 0 aliphatic heterocycles. The van der Waals surface area contributed by atoms with E-state index >= 15 is 0 Å². The van der Waals surface area contributed by atoms with Crippen molar-refractivity contribution in [2.75, 3.05) is 0 Å². The molecule has 1 amide bonds. The molecule has 2 fully saturated rings. The van der Waals surface area contributed by atoms with Gasteiger partial charge in [-0.15, -0.1) is 11.6 Å². The van der Waals surface area contributed by atoms with Crippen LogP contribution >= 0.6 is 11.6 Å². The quantitative estimate of drug-likeness (QED) is 0.610. The van der Waals surface area contributed by atoms with Crippen LogP contribution in [0.1, 0.15) is 70.6 Å². The number of carbonyl (C=O) groups is 1. The lowest BCUT2D eigenvalue weighted by atomic mass is 9.93. The molecule has 0 unspecified atom stereocenters. The normalized spacial score (nSPS) is 30.7. The highest BCUT2D eigenvalue weighted by molar-refractivity contribution is 6.20. The Morgan fingerprint density at radius 3 is 2.17 bits per heavy atom. The third-order valence-corrected chi connectivity index (χ3v) is 4.91. The monoisotopic (exact) mass is 271 g/mol. The predicted molar refractivity (Wildman–Crippen MR) is 75.8 cm³/mol. The molecular formula is C15H26ClNO. The Bertz CT molecular complexity index is 253. The Morgan fingerprint density at radius 1 is 0.944 bits per heavy atom. The summed E-state index contributed by atoms with van der Waals surface area (Å²) in [5, 5.41) is 3.54. The van der Waals surface area contributed by atoms with E-state index in [1.54, 1.807) is 0 Å². The summed E-state index contributed by atoms with van der Waals surface area (Å²) in [7, 11) is 0. The lowest BCUT2D eigenvalue weighted by molar-refractivity contribution is -0.123. The number of rotatable bonds is 3. The van der Waals surface area contributed by atoms with Gasteiger partial charge >= 0.3 is 0 Å². The minimum absolute atomic E-state index is 0.278. The van der Waals surface area contributed by atoms with Crippen LogP contribution in [-0.2, 0) is 4.79 Å². The van der Waals surface area contributed by atoms with Crippen molar-refractivity contribution in [2.45, 2.75) is 82.0 Å². The van der Waals surface area contributed by atoms with Crippen molar-refractivity contribution >= 4 is 17.5 Å². The van der Waals surface area contributed by atoms with Gasteiger partial charge in [-0.3, -0.25) is 4.79 Å². The summed E-state index contributed by atoms with van der Waals surface area (Å²) < 4.78 is 0. The number of nitrogens with one attached hydrogen (secondary N) is 1. The summed E-state index contributed by atoms with van der Waals surface area (Å²) >= 11 is 6.08. The van der Waals surface area contributed by atoms with E-state index in [9.17, 15) is 4.79 Å². The molecule has 2 nitrogen and oxygen atoms in total. The Kier molecular flexibility index (Phi) is 5.81. The van der Waals surface area contributed by atoms with Crippen LogP contribution in [0, 0.1) is 5.92 Å². The molecule has 0 saturated heterocycles. The SMILES string of the molecule is O=C(CC1CCCCCC1)NC1CCC(Cl)CC1. The van der Waals surface area contributed by atoms with Gasteiger partial charge in [0.15, 0.2) is 0 Å². The first-order valence-corrected chi connectivity index (χ1v) is 8.11. The highest BCUT2D eigenvalue weighted by Gasteiger charge is 2.22. The van der Waals surface area contributed by atoms with Crippen LogP contribution in [0.5, 0.6) is 0 Å². The molecule has 2 aliphatic carbocycles. The molecule has 0 aromatic heterocycles. The van der Waals surface area contributed by atoms with E-state index in [-0.39, 0.29) is 5.91 Å². The van der Waals surface area contributed by atoms with Crippen molar-refractivity contribution in [3.05, 3.63) is 0 Å². The molecule has 0 heterocycles. The number of alkyl halides is 1. The maximum absolute atomic E-state index is 12.0. The van der Waals surface area contributed by atoms with Crippen molar-refractivity contribution in [1.82, 2.24) is 5.32 Å². The zero-order valence-electron chi connectivity index (χ0n) is 11.3. The van der Waals surface area contributed by atoms with Crippen LogP contribution in [0.25, 0.3) is 0 Å². The van der Waals surface area contributed by atoms with E-state index in [1.807, 2.05) is 0 Å². The number of hydrogen-bond donors (Lipinski definition) is 1. The fraction of sp³-hybridized carbons (Fsp3) is 0.933. The summed E-state index contributed by atoms with van der Waals surface area (Å²) in [5.74, 6) is 0.914. The van der Waals surface area contributed by atoms with Gasteiger partial charge in [0.1, 0.15) is 0 Å². The molecule has 0 spiro atoms. The first kappa shape index (κ1) is 14.2. The smallest absolute Gasteiger partial charge is 0.220 e. The molecule has 0 aromatic carbocycles. The highest BCUT2D eigenvalue weighted by Crippen LogP contribution is 2.26. The van der Waals surface area contributed by atoms with E-state index in [0.29, 0.717) is 17.3 Å². The fourth-order valence-corrected chi connectivity index (χ4v) is 3.57. The van der Waals surface area contributed by atoms with E-state index in [2.05, 4.69) is 5.32 Å². The standard InChI is InChI=1S/C15H26ClNO/c16-13-7-9-14(10-8-13)17-15(18)11-12-5-3-1-2-4-6-12/h12-14H,1-11H2,(H,17,18). The summed E-state index contributed by atoms with van der Waals surface area (Å²) in [4.78, 5) is 12.0. The Morgan fingerprint density at radius 2 is 1.56 bits per heavy atom. The summed E-state index contributed by atoms with van der Waals surface area (Å²) in [5.41, 5.74) is 0. The van der Waals surface area contributed by atoms with Gasteiger partial charge in [0.2, 0.25) is 5.91 Å². The van der Waals surface area contributed by atoms with Crippen molar-refractivity contribution in [3.63, 3.8) is 0 Å². The number of carbonyl (C=O) groups excluding carboxylic acids is 1. The van der Waals surface area contributed by atoms with Crippen LogP contribution in [0.4, 0.5) is 0 Å². The highest BCUT2D eigenvalue weighted by atomic mass is 35.5. The molecule has 2 saturated carbocycles. The van der Waals surface area contributed by atoms with E-state index in [4.69, 9.17) is 11.6 Å². The van der Waals surface area contributed by atoms with Gasteiger partial charge in [0.05, 0.1) is 0 Å². The van der Waals surface area contributed by atoms with Gasteiger partial charge in [0.25, 0.3) is 0 Å². The maximum Gasteiger partial charge on any atom is 0.220 e. The van der Waals surface area contributed by atoms with Gasteiger partial charge in [-0.2, -0.15) is 0 Å². The first-order valence-electron chi connectivity index (χ1n) is 7.67. The van der Waals surface area contributed by atoms with Crippen molar-refractivity contribution in [2.24, 2.45) is 5.92 Å². The average molecular weight is 272 g/mol. The molecule has 0 bridgehead atoms. The van der Waals surface area contributed by atoms with Gasteiger partial charge in [0, 0.05) is 17.8 Å². The Labute approximate surface area is 116 Å². The van der Waals surface area contributed by atoms with E-state index < -0.39 is 0 Å². The largest absolute Gasteiger partial charge is 0.353 e. The molecule has 0 atom stereocenters. The van der Waals surface area contributed by atoms with Gasteiger partial charge < -0.3 is 5.32 Å². The minimum Gasteiger partial charge on any atom is -0.353 e. The van der Waals surface area contributed by atoms with Gasteiger partial charge in [-0.1, -0.05) is 25.7 Å². The van der Waals surface area contributed by atoms with Crippen LogP contribution in [0.3, 0.4) is 0 Å². The zero-order valence-corrected chi connectivity index (χ0v) is 12.1. The average Bonchev–Trinajstić information content (AvgIpc) is 2.61. The molecule has 2 rings (SSSR count). The molecule has 2 aliphatic rings. The number of halogens is 1. The third-order valence-electron chi connectivity index (χ3n) is 4.47. The second-order valence-electron chi connectivity index (χ2n) is 6.08. The topological polar surface area (TPSA) is 29.1 Å². The maximum atomic E-state index is 12.0. The minimum atomic E-state index is 0.278. The molecule has 104 valence electrons. The summed E-state index contributed by atoms with van der Waals surface area (Å²) in [6.45, 7) is 0. The first-order chi connectivity index (χ1) is 8.74. The zero-order chi connectivity index (χ0) is 12.8. The molecule has 3 heteroatoms. The Balaban J connectivity index is 1.67. The van der Waals surface area contributed by atoms with Crippen molar-refractivity contribution < 1.29 is 4.79 Å². The van der Waals surface area contributed by atoms with Gasteiger partial charge in [-0.25, -0.2) is 0 Å². The van der Waals surface area contributed by atoms with E-state index in [0.717, 1.165) is 32.1 Å². The van der Waals surface area contributed by atoms with Gasteiger partial charge in [-0.05, 0) is 44.4 Å². The second kappa shape index (κ2) is 7.37. The molecule has 0 radical (unpaired) electrons. The Hall–Kier alpha value is -0.240. The molecule has 18 heavy (non-hydrogen) atoms. The molecule has 1 N–H and O–H groups in total. The van der Waals surface area contributed by atoms with E-state index in [1.165, 1.54) is 38.5 Å². The number of amides is 1. The second-order valence-corrected chi connectivity index (χ2v) is 6.70. The molecular weight excluding hydrogens is 246 g/mol. The molecule has 0 aromatic rings. The number of hydrogen-bond acceptors (Lipinski definition) is 1. The fourth-order valence-electron chi connectivity index (χ4n) is 3.31. The summed E-state index contributed by atoms with van der Waals surface area (Å²) in [6, 6.07) is 0.387. The lowest BCUT2D eigenvalue weighted by Crippen LogP contribution is -2.38. The van der Waals surface area contributed by atoms with Crippen LogP contribution in [-0.4, -0.2) is 17.3 Å². The third kappa shape index (κ3) is 4.79. The van der Waals surface area contributed by atoms with Crippen molar-refractivity contribution in [1.29, 1.82) is 0 Å². The summed E-state index contributed by atoms with van der Waals surface area (Å²) in [6.07, 6.45) is 12.8. The van der Waals surface area contributed by atoms with Crippen LogP contribution in [0.2, 0.25) is 0 Å². The lowest BCUT2D eigenvalue weighted by Gasteiger charge is -2.26. The van der Waals surface area contributed by atoms with Crippen LogP contribution in [0.15, 0.2) is 0 Å². The van der Waals surface area contributed by atoms with Crippen molar-refractivity contribution in [3.8, 4) is 0 Å². The predicted octanol–water partition coefficient (Wildman–Crippen LogP) is 4.01. The van der Waals surface area contributed by atoms with Crippen LogP contribution < -0.4 is 5.32 Å².